The number of hydrogen-bond acceptors (Lipinski definition) is 6. The number of carbonyl (C=O) groups is 1. The second kappa shape index (κ2) is 9.17. The smallest absolute Gasteiger partial charge is 0.416 e. The third-order valence-corrected chi connectivity index (χ3v) is 7.17. The number of alkyl halides is 3. The van der Waals surface area contributed by atoms with Crippen molar-refractivity contribution in [1.29, 1.82) is 0 Å². The lowest BCUT2D eigenvalue weighted by Gasteiger charge is -2.42. The maximum absolute atomic E-state index is 12.7. The monoisotopic (exact) mass is 483 g/mol. The van der Waals surface area contributed by atoms with Crippen LogP contribution >= 0.6 is 0 Å². The van der Waals surface area contributed by atoms with Crippen LogP contribution in [-0.2, 0) is 29.9 Å². The number of allylic oxidation sites excluding steroid dienone is 1. The number of carbonyl (C=O) groups excluding carboxylic acids is 1. The van der Waals surface area contributed by atoms with Crippen LogP contribution in [0.25, 0.3) is 0 Å². The van der Waals surface area contributed by atoms with Gasteiger partial charge in [0.2, 0.25) is 0 Å². The lowest BCUT2D eigenvalue weighted by molar-refractivity contribution is -0.170. The molecule has 0 bridgehead atoms. The Bertz CT molecular complexity index is 923. The summed E-state index contributed by atoms with van der Waals surface area (Å²) in [5, 5.41) is 2.82. The van der Waals surface area contributed by atoms with Gasteiger partial charge >= 0.3 is 12.1 Å². The summed E-state index contributed by atoms with van der Waals surface area (Å²) in [6.45, 7) is 6.66. The van der Waals surface area contributed by atoms with Gasteiger partial charge in [-0.05, 0) is 64.3 Å². The maximum atomic E-state index is 12.7. The third-order valence-electron chi connectivity index (χ3n) is 7.17. The maximum Gasteiger partial charge on any atom is 0.416 e. The van der Waals surface area contributed by atoms with Crippen LogP contribution in [0, 0.1) is 5.92 Å². The second-order valence-electron chi connectivity index (χ2n) is 9.83. The Morgan fingerprint density at radius 2 is 1.94 bits per heavy atom. The highest BCUT2D eigenvalue weighted by Crippen LogP contribution is 2.59. The Kier molecular flexibility index (Phi) is 6.74. The van der Waals surface area contributed by atoms with Gasteiger partial charge in [-0.3, -0.25) is 4.79 Å². The molecule has 34 heavy (non-hydrogen) atoms. The van der Waals surface area contributed by atoms with Gasteiger partial charge in [-0.1, -0.05) is 11.6 Å². The first-order valence-electron chi connectivity index (χ1n) is 11.6. The first-order chi connectivity index (χ1) is 16.0. The molecule has 2 saturated heterocycles. The number of halogens is 3. The Hall–Kier alpha value is -2.10. The molecule has 1 aromatic rings. The molecule has 2 heterocycles. The predicted molar refractivity (Wildman–Crippen MR) is 119 cm³/mol. The van der Waals surface area contributed by atoms with E-state index in [4.69, 9.17) is 18.9 Å². The number of esters is 1. The molecular weight excluding hydrogens is 451 g/mol. The largest absolute Gasteiger partial charge is 0.458 e. The van der Waals surface area contributed by atoms with Crippen molar-refractivity contribution in [3.63, 3.8) is 0 Å². The van der Waals surface area contributed by atoms with E-state index in [1.165, 1.54) is 17.7 Å². The molecule has 3 fully saturated rings. The number of methoxy groups -OCH3 is 1. The van der Waals surface area contributed by atoms with Gasteiger partial charge in [-0.2, -0.15) is 13.2 Å². The molecule has 0 radical (unpaired) electrons. The van der Waals surface area contributed by atoms with Crippen LogP contribution in [0.5, 0.6) is 0 Å². The van der Waals surface area contributed by atoms with Crippen LogP contribution in [0.3, 0.4) is 0 Å². The van der Waals surface area contributed by atoms with Crippen molar-refractivity contribution < 1.29 is 36.9 Å². The van der Waals surface area contributed by atoms with E-state index in [2.05, 4.69) is 32.2 Å². The molecule has 6 atom stereocenters. The summed E-state index contributed by atoms with van der Waals surface area (Å²) in [6, 6.07) is 4.52. The molecule has 1 saturated carbocycles. The minimum Gasteiger partial charge on any atom is -0.458 e. The van der Waals surface area contributed by atoms with Gasteiger partial charge in [-0.25, -0.2) is 0 Å². The van der Waals surface area contributed by atoms with E-state index < -0.39 is 29.4 Å². The van der Waals surface area contributed by atoms with Gasteiger partial charge in [0, 0.05) is 12.8 Å². The molecule has 188 valence electrons. The van der Waals surface area contributed by atoms with Crippen LogP contribution in [0.1, 0.15) is 45.6 Å². The normalized spacial score (nSPS) is 34.4. The number of benzene rings is 1. The molecular formula is C25H32F3NO5. The highest BCUT2D eigenvalue weighted by Gasteiger charge is 2.72. The highest BCUT2D eigenvalue weighted by atomic mass is 19.4. The van der Waals surface area contributed by atoms with Gasteiger partial charge < -0.3 is 24.3 Å². The minimum absolute atomic E-state index is 0.0573. The van der Waals surface area contributed by atoms with Gasteiger partial charge in [0.05, 0.1) is 24.2 Å². The molecule has 1 N–H and O–H groups in total. The Balaban J connectivity index is 1.37. The first kappa shape index (κ1) is 25.0. The minimum atomic E-state index is -4.40. The quantitative estimate of drug-likeness (QED) is 0.327. The van der Waals surface area contributed by atoms with Crippen LogP contribution in [-0.4, -0.2) is 55.7 Å². The van der Waals surface area contributed by atoms with Crippen LogP contribution in [0.15, 0.2) is 35.9 Å². The summed E-state index contributed by atoms with van der Waals surface area (Å²) >= 11 is 0. The number of nitrogens with one attached hydrogen (secondary N) is 1. The first-order valence-corrected chi connectivity index (χ1v) is 11.6. The molecule has 1 aromatic carbocycles. The van der Waals surface area contributed by atoms with Gasteiger partial charge in [0.15, 0.2) is 0 Å². The topological polar surface area (TPSA) is 72.6 Å². The summed E-state index contributed by atoms with van der Waals surface area (Å²) in [5.41, 5.74) is 0.158. The van der Waals surface area contributed by atoms with Crippen molar-refractivity contribution in [3.05, 3.63) is 41.5 Å². The van der Waals surface area contributed by atoms with E-state index in [1.54, 1.807) is 7.11 Å². The lowest BCUT2D eigenvalue weighted by Crippen LogP contribution is -2.55. The van der Waals surface area contributed by atoms with E-state index in [-0.39, 0.29) is 30.3 Å². The Morgan fingerprint density at radius 3 is 2.50 bits per heavy atom. The zero-order valence-corrected chi connectivity index (χ0v) is 19.9. The zero-order valence-electron chi connectivity index (χ0n) is 19.9. The third kappa shape index (κ3) is 5.11. The molecule has 6 unspecified atom stereocenters. The molecule has 9 heteroatoms. The molecule has 0 aromatic heterocycles. The fraction of sp³-hybridized carbons (Fsp3) is 0.640. The average molecular weight is 484 g/mol. The standard InChI is InChI=1S/C25H32F3NO5/c1-15(2)5-10-19-23(3,34-19)22-21(31-4)18(11-12-24(22)14-32-24)33-20(30)13-29-17-8-6-16(7-9-17)25(26,27)28/h5-9,18-19,21-22,29H,10-14H2,1-4H3. The van der Waals surface area contributed by atoms with Crippen molar-refractivity contribution in [1.82, 2.24) is 0 Å². The van der Waals surface area contributed by atoms with E-state index >= 15 is 0 Å². The van der Waals surface area contributed by atoms with E-state index in [9.17, 15) is 18.0 Å². The number of hydrogen-bond donors (Lipinski definition) is 1. The van der Waals surface area contributed by atoms with E-state index in [1.807, 2.05) is 0 Å². The summed E-state index contributed by atoms with van der Waals surface area (Å²) in [6.07, 6.45) is -0.869. The van der Waals surface area contributed by atoms with Gasteiger partial charge in [0.25, 0.3) is 0 Å². The van der Waals surface area contributed by atoms with Crippen LogP contribution in [0.2, 0.25) is 0 Å². The second-order valence-corrected chi connectivity index (χ2v) is 9.83. The molecule has 4 rings (SSSR count). The number of rotatable bonds is 8. The predicted octanol–water partition coefficient (Wildman–Crippen LogP) is 4.74. The molecule has 3 aliphatic rings. The number of ether oxygens (including phenoxy) is 4. The Morgan fingerprint density at radius 1 is 1.26 bits per heavy atom. The van der Waals surface area contributed by atoms with Crippen LogP contribution < -0.4 is 5.32 Å². The summed E-state index contributed by atoms with van der Waals surface area (Å²) in [4.78, 5) is 12.6. The molecule has 0 amide bonds. The summed E-state index contributed by atoms with van der Waals surface area (Å²) in [5.74, 6) is -0.573. The number of epoxide rings is 2. The van der Waals surface area contributed by atoms with E-state index in [0.29, 0.717) is 18.7 Å². The van der Waals surface area contributed by atoms with Crippen molar-refractivity contribution in [3.8, 4) is 0 Å². The number of anilines is 1. The Labute approximate surface area is 197 Å². The highest BCUT2D eigenvalue weighted by molar-refractivity contribution is 5.75. The summed E-state index contributed by atoms with van der Waals surface area (Å²) in [7, 11) is 1.61. The zero-order chi connectivity index (χ0) is 24.7. The molecule has 6 nitrogen and oxygen atoms in total. The van der Waals surface area contributed by atoms with Crippen LogP contribution in [0.4, 0.5) is 18.9 Å². The molecule has 1 aliphatic carbocycles. The fourth-order valence-electron chi connectivity index (χ4n) is 5.23. The van der Waals surface area contributed by atoms with Crippen molar-refractivity contribution >= 4 is 11.7 Å². The van der Waals surface area contributed by atoms with Crippen molar-refractivity contribution in [2.45, 2.75) is 75.7 Å². The summed E-state index contributed by atoms with van der Waals surface area (Å²) < 4.78 is 61.9. The average Bonchev–Trinajstić information content (AvgIpc) is 3.69. The lowest BCUT2D eigenvalue weighted by atomic mass is 9.68. The fourth-order valence-corrected chi connectivity index (χ4v) is 5.23. The molecule has 1 spiro atoms. The SMILES string of the molecule is COC1C(OC(=O)CNc2ccc(C(F)(F)F)cc2)CCC2(CO2)C1C1(C)OC1CC=C(C)C. The van der Waals surface area contributed by atoms with E-state index in [0.717, 1.165) is 25.0 Å². The van der Waals surface area contributed by atoms with Crippen molar-refractivity contribution in [2.75, 3.05) is 25.6 Å². The van der Waals surface area contributed by atoms with Gasteiger partial charge in [-0.15, -0.1) is 0 Å². The molecule has 2 aliphatic heterocycles. The van der Waals surface area contributed by atoms with Crippen molar-refractivity contribution in [2.24, 2.45) is 5.92 Å². The van der Waals surface area contributed by atoms with Gasteiger partial charge in [0.1, 0.15) is 30.0 Å².